The van der Waals surface area contributed by atoms with Crippen LogP contribution in [0.4, 0.5) is 0 Å². The molecule has 0 aromatic heterocycles. The van der Waals surface area contributed by atoms with Gasteiger partial charge >= 0.3 is 0 Å². The van der Waals surface area contributed by atoms with E-state index in [0.29, 0.717) is 6.61 Å². The molecule has 0 N–H and O–H groups in total. The van der Waals surface area contributed by atoms with Gasteiger partial charge in [0.15, 0.2) is 8.32 Å². The average Bonchev–Trinajstić information content (AvgIpc) is 2.37. The highest BCUT2D eigenvalue weighted by atomic mass is 28.4. The molecule has 120 valence electrons. The zero-order valence-electron chi connectivity index (χ0n) is 14.6. The van der Waals surface area contributed by atoms with Gasteiger partial charge in [0.2, 0.25) is 0 Å². The Morgan fingerprint density at radius 2 is 1.76 bits per heavy atom. The zero-order valence-corrected chi connectivity index (χ0v) is 15.6. The van der Waals surface area contributed by atoms with Crippen molar-refractivity contribution < 1.29 is 13.9 Å². The van der Waals surface area contributed by atoms with Crippen molar-refractivity contribution in [2.24, 2.45) is 0 Å². The molecule has 0 aliphatic heterocycles. The first-order chi connectivity index (χ1) is 9.67. The summed E-state index contributed by atoms with van der Waals surface area (Å²) in [7, 11) is 0.0540. The number of hydrogen-bond acceptors (Lipinski definition) is 3. The van der Waals surface area contributed by atoms with Crippen LogP contribution in [0.15, 0.2) is 18.2 Å². The fourth-order valence-corrected chi connectivity index (χ4v) is 2.82. The van der Waals surface area contributed by atoms with Crippen LogP contribution < -0.4 is 9.47 Å². The highest BCUT2D eigenvalue weighted by molar-refractivity contribution is 6.74. The lowest BCUT2D eigenvalue weighted by molar-refractivity contribution is 0.233. The Kier molecular flexibility index (Phi) is 6.29. The first-order valence-electron chi connectivity index (χ1n) is 7.59. The quantitative estimate of drug-likeness (QED) is 0.535. The number of rotatable bonds is 7. The van der Waals surface area contributed by atoms with Gasteiger partial charge in [-0.2, -0.15) is 0 Å². The Morgan fingerprint density at radius 3 is 2.29 bits per heavy atom. The van der Waals surface area contributed by atoms with E-state index in [-0.39, 0.29) is 5.04 Å². The SMILES string of the molecule is COc1ccc(OCCCO[Si](C)(C)C(C)(C)C)cc1C. The molecule has 0 aliphatic rings. The molecule has 1 aromatic carbocycles. The third-order valence-electron chi connectivity index (χ3n) is 4.19. The van der Waals surface area contributed by atoms with Crippen LogP contribution in [0.5, 0.6) is 11.5 Å². The van der Waals surface area contributed by atoms with Crippen molar-refractivity contribution in [2.75, 3.05) is 20.3 Å². The number of methoxy groups -OCH3 is 1. The number of ether oxygens (including phenoxy) is 2. The molecule has 1 aromatic rings. The fourth-order valence-electron chi connectivity index (χ4n) is 1.73. The maximum absolute atomic E-state index is 6.13. The maximum atomic E-state index is 6.13. The van der Waals surface area contributed by atoms with Gasteiger partial charge in [-0.3, -0.25) is 0 Å². The number of hydrogen-bond donors (Lipinski definition) is 0. The molecule has 3 nitrogen and oxygen atoms in total. The molecule has 21 heavy (non-hydrogen) atoms. The molecule has 0 amide bonds. The summed E-state index contributed by atoms with van der Waals surface area (Å²) < 4.78 is 17.1. The van der Waals surface area contributed by atoms with Crippen molar-refractivity contribution in [1.82, 2.24) is 0 Å². The van der Waals surface area contributed by atoms with Gasteiger partial charge in [-0.25, -0.2) is 0 Å². The molecule has 0 saturated carbocycles. The van der Waals surface area contributed by atoms with E-state index in [0.717, 1.165) is 30.1 Å². The van der Waals surface area contributed by atoms with E-state index in [9.17, 15) is 0 Å². The lowest BCUT2D eigenvalue weighted by Gasteiger charge is -2.36. The lowest BCUT2D eigenvalue weighted by Crippen LogP contribution is -2.41. The van der Waals surface area contributed by atoms with Gasteiger partial charge < -0.3 is 13.9 Å². The molecule has 4 heteroatoms. The Hall–Kier alpha value is -1.00. The highest BCUT2D eigenvalue weighted by Crippen LogP contribution is 2.36. The van der Waals surface area contributed by atoms with E-state index in [4.69, 9.17) is 13.9 Å². The first kappa shape index (κ1) is 18.0. The molecule has 0 spiro atoms. The molecule has 0 bridgehead atoms. The van der Waals surface area contributed by atoms with Crippen molar-refractivity contribution >= 4 is 8.32 Å². The molecule has 0 unspecified atom stereocenters. The summed E-state index contributed by atoms with van der Waals surface area (Å²) in [6.07, 6.45) is 0.914. The van der Waals surface area contributed by atoms with E-state index in [1.165, 1.54) is 0 Å². The minimum atomic E-state index is -1.63. The minimum Gasteiger partial charge on any atom is -0.496 e. The van der Waals surface area contributed by atoms with Gasteiger partial charge in [0.05, 0.1) is 13.7 Å². The van der Waals surface area contributed by atoms with Crippen molar-refractivity contribution in [1.29, 1.82) is 0 Å². The van der Waals surface area contributed by atoms with Crippen LogP contribution in [0.3, 0.4) is 0 Å². The summed E-state index contributed by atoms with van der Waals surface area (Å²) in [5, 5.41) is 0.265. The summed E-state index contributed by atoms with van der Waals surface area (Å²) in [5.74, 6) is 1.78. The van der Waals surface area contributed by atoms with E-state index in [1.807, 2.05) is 25.1 Å². The number of aryl methyl sites for hydroxylation is 1. The standard InChI is InChI=1S/C17H30O3Si/c1-14-13-15(9-10-16(14)18-5)19-11-8-12-20-21(6,7)17(2,3)4/h9-10,13H,8,11-12H2,1-7H3. The van der Waals surface area contributed by atoms with E-state index in [1.54, 1.807) is 7.11 Å². The van der Waals surface area contributed by atoms with Crippen molar-refractivity contribution in [3.8, 4) is 11.5 Å². The predicted molar refractivity (Wildman–Crippen MR) is 91.0 cm³/mol. The van der Waals surface area contributed by atoms with E-state index >= 15 is 0 Å². The zero-order chi connectivity index (χ0) is 16.1. The molecular weight excluding hydrogens is 280 g/mol. The lowest BCUT2D eigenvalue weighted by atomic mass is 10.2. The average molecular weight is 311 g/mol. The van der Waals surface area contributed by atoms with Gasteiger partial charge in [-0.1, -0.05) is 20.8 Å². The van der Waals surface area contributed by atoms with Crippen LogP contribution in [0, 0.1) is 6.92 Å². The summed E-state index contributed by atoms with van der Waals surface area (Å²) in [6.45, 7) is 14.8. The topological polar surface area (TPSA) is 27.7 Å². The minimum absolute atomic E-state index is 0.265. The van der Waals surface area contributed by atoms with Crippen molar-refractivity contribution in [3.05, 3.63) is 23.8 Å². The van der Waals surface area contributed by atoms with E-state index < -0.39 is 8.32 Å². The van der Waals surface area contributed by atoms with Crippen LogP contribution in [-0.4, -0.2) is 28.6 Å². The largest absolute Gasteiger partial charge is 0.496 e. The summed E-state index contributed by atoms with van der Waals surface area (Å²) in [5.41, 5.74) is 1.09. The van der Waals surface area contributed by atoms with Crippen molar-refractivity contribution in [3.63, 3.8) is 0 Å². The molecule has 0 heterocycles. The van der Waals surface area contributed by atoms with Crippen LogP contribution in [0.25, 0.3) is 0 Å². The van der Waals surface area contributed by atoms with Gasteiger partial charge in [-0.15, -0.1) is 0 Å². The molecule has 0 aliphatic carbocycles. The Bertz CT molecular complexity index is 450. The molecule has 1 rings (SSSR count). The van der Waals surface area contributed by atoms with Crippen molar-refractivity contribution in [2.45, 2.75) is 52.2 Å². The summed E-state index contributed by atoms with van der Waals surface area (Å²) >= 11 is 0. The number of benzene rings is 1. The first-order valence-corrected chi connectivity index (χ1v) is 10.5. The normalized spacial score (nSPS) is 12.3. The molecular formula is C17H30O3Si. The third kappa shape index (κ3) is 5.36. The smallest absolute Gasteiger partial charge is 0.191 e. The second-order valence-electron chi connectivity index (χ2n) is 6.94. The van der Waals surface area contributed by atoms with Crippen LogP contribution in [-0.2, 0) is 4.43 Å². The van der Waals surface area contributed by atoms with Gasteiger partial charge in [0.25, 0.3) is 0 Å². The molecule has 0 saturated heterocycles. The van der Waals surface area contributed by atoms with Crippen LogP contribution >= 0.6 is 0 Å². The summed E-state index contributed by atoms with van der Waals surface area (Å²) in [4.78, 5) is 0. The summed E-state index contributed by atoms with van der Waals surface area (Å²) in [6, 6.07) is 5.89. The predicted octanol–water partition coefficient (Wildman–Crippen LogP) is 4.79. The molecule has 0 fully saturated rings. The third-order valence-corrected chi connectivity index (χ3v) is 8.73. The molecule has 0 atom stereocenters. The van der Waals surface area contributed by atoms with Gasteiger partial charge in [-0.05, 0) is 48.8 Å². The van der Waals surface area contributed by atoms with Crippen LogP contribution in [0.1, 0.15) is 32.8 Å². The maximum Gasteiger partial charge on any atom is 0.191 e. The Balaban J connectivity index is 2.34. The van der Waals surface area contributed by atoms with Gasteiger partial charge in [0, 0.05) is 13.0 Å². The van der Waals surface area contributed by atoms with Crippen LogP contribution in [0.2, 0.25) is 18.1 Å². The Morgan fingerprint density at radius 1 is 1.10 bits per heavy atom. The van der Waals surface area contributed by atoms with Gasteiger partial charge in [0.1, 0.15) is 11.5 Å². The monoisotopic (exact) mass is 310 g/mol. The second kappa shape index (κ2) is 7.32. The van der Waals surface area contributed by atoms with E-state index in [2.05, 4.69) is 33.9 Å². The fraction of sp³-hybridized carbons (Fsp3) is 0.647. The Labute approximate surface area is 130 Å². The molecule has 0 radical (unpaired) electrons. The second-order valence-corrected chi connectivity index (χ2v) is 11.8. The highest BCUT2D eigenvalue weighted by Gasteiger charge is 2.36.